The van der Waals surface area contributed by atoms with Crippen LogP contribution < -0.4 is 10.1 Å². The highest BCUT2D eigenvalue weighted by Crippen LogP contribution is 2.25. The second-order valence-corrected chi connectivity index (χ2v) is 7.21. The molecule has 1 amide bonds. The summed E-state index contributed by atoms with van der Waals surface area (Å²) in [6.45, 7) is 4.74. The Morgan fingerprint density at radius 3 is 2.50 bits per heavy atom. The van der Waals surface area contributed by atoms with E-state index in [0.717, 1.165) is 34.4 Å². The second kappa shape index (κ2) is 9.41. The van der Waals surface area contributed by atoms with Crippen LogP contribution in [0.5, 0.6) is 5.75 Å². The molecule has 0 fully saturated rings. The van der Waals surface area contributed by atoms with E-state index in [0.29, 0.717) is 0 Å². The summed E-state index contributed by atoms with van der Waals surface area (Å²) in [6.07, 6.45) is 0. The Kier molecular flexibility index (Phi) is 6.71. The molecule has 2 aromatic carbocycles. The van der Waals surface area contributed by atoms with Crippen molar-refractivity contribution < 1.29 is 9.53 Å². The molecule has 28 heavy (non-hydrogen) atoms. The van der Waals surface area contributed by atoms with Crippen molar-refractivity contribution in [2.24, 2.45) is 0 Å². The number of aromatic nitrogens is 3. The molecule has 1 heterocycles. The van der Waals surface area contributed by atoms with Crippen LogP contribution in [0.15, 0.2) is 59.8 Å². The van der Waals surface area contributed by atoms with Crippen molar-refractivity contribution in [3.8, 4) is 17.1 Å². The first-order valence-corrected chi connectivity index (χ1v) is 10.2. The van der Waals surface area contributed by atoms with E-state index in [1.54, 1.807) is 7.11 Å². The lowest BCUT2D eigenvalue weighted by molar-refractivity contribution is -0.119. The van der Waals surface area contributed by atoms with Crippen molar-refractivity contribution in [2.75, 3.05) is 12.9 Å². The summed E-state index contributed by atoms with van der Waals surface area (Å²) in [5.41, 5.74) is 2.04. The molecule has 0 saturated heterocycles. The first kappa shape index (κ1) is 19.9. The number of nitrogens with zero attached hydrogens (tertiary/aromatic N) is 3. The van der Waals surface area contributed by atoms with Crippen molar-refractivity contribution in [2.45, 2.75) is 31.6 Å². The van der Waals surface area contributed by atoms with Crippen molar-refractivity contribution in [3.05, 3.63) is 60.2 Å². The van der Waals surface area contributed by atoms with Gasteiger partial charge in [0.05, 0.1) is 18.9 Å². The molecule has 146 valence electrons. The van der Waals surface area contributed by atoms with Gasteiger partial charge in [-0.05, 0) is 43.7 Å². The fourth-order valence-corrected chi connectivity index (χ4v) is 3.69. The highest BCUT2D eigenvalue weighted by atomic mass is 32.2. The molecule has 1 aromatic heterocycles. The Hall–Kier alpha value is -2.80. The molecule has 0 aliphatic carbocycles. The quantitative estimate of drug-likeness (QED) is 0.584. The Morgan fingerprint density at radius 1 is 1.14 bits per heavy atom. The average Bonchev–Trinajstić information content (AvgIpc) is 3.15. The monoisotopic (exact) mass is 396 g/mol. The van der Waals surface area contributed by atoms with Gasteiger partial charge in [0.25, 0.3) is 0 Å². The number of thioether (sulfide) groups is 1. The highest BCUT2D eigenvalue weighted by molar-refractivity contribution is 7.99. The average molecular weight is 397 g/mol. The number of hydrogen-bond acceptors (Lipinski definition) is 5. The third-order valence-corrected chi connectivity index (χ3v) is 5.36. The number of benzene rings is 2. The van der Waals surface area contributed by atoms with Crippen LogP contribution in [0.3, 0.4) is 0 Å². The summed E-state index contributed by atoms with van der Waals surface area (Å²) in [6, 6.07) is 17.6. The minimum absolute atomic E-state index is 0.0296. The number of ether oxygens (including phenoxy) is 1. The maximum Gasteiger partial charge on any atom is 0.230 e. The van der Waals surface area contributed by atoms with Gasteiger partial charge >= 0.3 is 0 Å². The molecular formula is C21H24N4O2S. The molecule has 0 aliphatic heterocycles. The lowest BCUT2D eigenvalue weighted by atomic mass is 10.1. The smallest absolute Gasteiger partial charge is 0.230 e. The Morgan fingerprint density at radius 2 is 1.86 bits per heavy atom. The Labute approximate surface area is 169 Å². The van der Waals surface area contributed by atoms with Gasteiger partial charge in [0.1, 0.15) is 5.75 Å². The van der Waals surface area contributed by atoms with Crippen LogP contribution in [0.1, 0.15) is 25.5 Å². The summed E-state index contributed by atoms with van der Waals surface area (Å²) in [4.78, 5) is 12.3. The molecular weight excluding hydrogens is 372 g/mol. The maximum atomic E-state index is 12.3. The van der Waals surface area contributed by atoms with E-state index in [1.165, 1.54) is 11.8 Å². The van der Waals surface area contributed by atoms with E-state index < -0.39 is 0 Å². The summed E-state index contributed by atoms with van der Waals surface area (Å²) in [5, 5.41) is 12.4. The van der Waals surface area contributed by atoms with Crippen LogP contribution in [0.2, 0.25) is 0 Å². The largest absolute Gasteiger partial charge is 0.497 e. The van der Waals surface area contributed by atoms with Gasteiger partial charge in [0.15, 0.2) is 11.0 Å². The lowest BCUT2D eigenvalue weighted by Crippen LogP contribution is -2.28. The third-order valence-electron chi connectivity index (χ3n) is 4.39. The van der Waals surface area contributed by atoms with Crippen molar-refractivity contribution in [3.63, 3.8) is 0 Å². The summed E-state index contributed by atoms with van der Waals surface area (Å²) >= 11 is 1.39. The Bertz CT molecular complexity index is 910. The zero-order chi connectivity index (χ0) is 19.9. The van der Waals surface area contributed by atoms with Gasteiger partial charge in [0, 0.05) is 12.1 Å². The molecule has 0 bridgehead atoms. The highest BCUT2D eigenvalue weighted by Gasteiger charge is 2.16. The van der Waals surface area contributed by atoms with Crippen LogP contribution in [0, 0.1) is 0 Å². The molecule has 1 unspecified atom stereocenters. The molecule has 3 aromatic rings. The van der Waals surface area contributed by atoms with Crippen LogP contribution in [-0.2, 0) is 11.3 Å². The van der Waals surface area contributed by atoms with Crippen LogP contribution >= 0.6 is 11.8 Å². The third kappa shape index (κ3) is 4.72. The van der Waals surface area contributed by atoms with Crippen LogP contribution in [0.25, 0.3) is 11.4 Å². The van der Waals surface area contributed by atoms with Gasteiger partial charge in [-0.3, -0.25) is 4.79 Å². The predicted octanol–water partition coefficient (Wildman–Crippen LogP) is 3.94. The lowest BCUT2D eigenvalue weighted by Gasteiger charge is -2.14. The molecule has 1 N–H and O–H groups in total. The number of hydrogen-bond donors (Lipinski definition) is 1. The van der Waals surface area contributed by atoms with Crippen molar-refractivity contribution in [1.82, 2.24) is 20.1 Å². The van der Waals surface area contributed by atoms with Gasteiger partial charge in [0.2, 0.25) is 5.91 Å². The van der Waals surface area contributed by atoms with Crippen LogP contribution in [0.4, 0.5) is 0 Å². The summed E-state index contributed by atoms with van der Waals surface area (Å²) < 4.78 is 7.22. The molecule has 0 aliphatic rings. The molecule has 6 nitrogen and oxygen atoms in total. The number of methoxy groups -OCH3 is 1. The van der Waals surface area contributed by atoms with Gasteiger partial charge in [-0.2, -0.15) is 0 Å². The first-order chi connectivity index (χ1) is 13.6. The number of amides is 1. The van der Waals surface area contributed by atoms with E-state index in [1.807, 2.05) is 73.0 Å². The van der Waals surface area contributed by atoms with E-state index in [-0.39, 0.29) is 17.7 Å². The molecule has 0 saturated carbocycles. The SMILES string of the molecule is CCn1c(SCC(=O)NC(C)c2ccccc2)nnc1-c1ccc(OC)cc1. The first-order valence-electron chi connectivity index (χ1n) is 9.17. The van der Waals surface area contributed by atoms with Gasteiger partial charge in [-0.1, -0.05) is 42.1 Å². The molecule has 1 atom stereocenters. The molecule has 0 radical (unpaired) electrons. The normalized spacial score (nSPS) is 11.8. The molecule has 0 spiro atoms. The zero-order valence-electron chi connectivity index (χ0n) is 16.3. The molecule has 3 rings (SSSR count). The maximum absolute atomic E-state index is 12.3. The Balaban J connectivity index is 1.64. The van der Waals surface area contributed by atoms with E-state index in [4.69, 9.17) is 4.74 Å². The van der Waals surface area contributed by atoms with Gasteiger partial charge < -0.3 is 14.6 Å². The summed E-state index contributed by atoms with van der Waals surface area (Å²) in [5.74, 6) is 1.84. The van der Waals surface area contributed by atoms with Crippen molar-refractivity contribution in [1.29, 1.82) is 0 Å². The van der Waals surface area contributed by atoms with Gasteiger partial charge in [-0.15, -0.1) is 10.2 Å². The van der Waals surface area contributed by atoms with E-state index >= 15 is 0 Å². The number of nitrogens with one attached hydrogen (secondary N) is 1. The van der Waals surface area contributed by atoms with Crippen LogP contribution in [-0.4, -0.2) is 33.5 Å². The molecule has 7 heteroatoms. The number of rotatable bonds is 8. The van der Waals surface area contributed by atoms with Crippen molar-refractivity contribution >= 4 is 17.7 Å². The number of carbonyl (C=O) groups is 1. The van der Waals surface area contributed by atoms with E-state index in [2.05, 4.69) is 15.5 Å². The standard InChI is InChI=1S/C21H24N4O2S/c1-4-25-20(17-10-12-18(27-3)13-11-17)23-24-21(25)28-14-19(26)22-15(2)16-8-6-5-7-9-16/h5-13,15H,4,14H2,1-3H3,(H,22,26). The van der Waals surface area contributed by atoms with Gasteiger partial charge in [-0.25, -0.2) is 0 Å². The zero-order valence-corrected chi connectivity index (χ0v) is 17.1. The fourth-order valence-electron chi connectivity index (χ4n) is 2.87. The minimum atomic E-state index is -0.0341. The number of carbonyl (C=O) groups excluding carboxylic acids is 1. The topological polar surface area (TPSA) is 69.0 Å². The summed E-state index contributed by atoms with van der Waals surface area (Å²) in [7, 11) is 1.64. The minimum Gasteiger partial charge on any atom is -0.497 e. The second-order valence-electron chi connectivity index (χ2n) is 6.27. The fraction of sp³-hybridized carbons (Fsp3) is 0.286. The predicted molar refractivity (Wildman–Crippen MR) is 111 cm³/mol. The van der Waals surface area contributed by atoms with E-state index in [9.17, 15) is 4.79 Å².